The number of nitrogens with zero attached hydrogens (tertiary/aromatic N) is 4. The van der Waals surface area contributed by atoms with E-state index in [1.165, 1.54) is 16.4 Å². The Bertz CT molecular complexity index is 1360. The van der Waals surface area contributed by atoms with E-state index in [2.05, 4.69) is 10.2 Å². The molecule has 0 unspecified atom stereocenters. The minimum absolute atomic E-state index is 0.0365. The second-order valence-corrected chi connectivity index (χ2v) is 11.6. The topological polar surface area (TPSA) is 106 Å². The number of amides is 1. The van der Waals surface area contributed by atoms with Crippen LogP contribution >= 0.6 is 11.6 Å². The summed E-state index contributed by atoms with van der Waals surface area (Å²) in [6.07, 6.45) is 1.31. The maximum absolute atomic E-state index is 13.5. The van der Waals surface area contributed by atoms with Gasteiger partial charge in [-0.25, -0.2) is 8.42 Å². The van der Waals surface area contributed by atoms with Gasteiger partial charge in [0.05, 0.1) is 34.2 Å². The molecule has 1 aliphatic carbocycles. The maximum atomic E-state index is 13.5. The zero-order valence-electron chi connectivity index (χ0n) is 20.0. The summed E-state index contributed by atoms with van der Waals surface area (Å²) >= 11 is 6.24. The lowest BCUT2D eigenvalue weighted by Crippen LogP contribution is -2.48. The van der Waals surface area contributed by atoms with Crippen molar-refractivity contribution in [3.63, 3.8) is 0 Å². The van der Waals surface area contributed by atoms with Crippen molar-refractivity contribution in [2.45, 2.75) is 56.4 Å². The number of hydrogen-bond donors (Lipinski definition) is 0. The van der Waals surface area contributed by atoms with Crippen LogP contribution in [0.25, 0.3) is 11.5 Å². The Morgan fingerprint density at radius 2 is 1.81 bits per heavy atom. The number of carbonyl (C=O) groups excluding carboxylic acids is 1. The number of hydrogen-bond acceptors (Lipinski definition) is 7. The van der Waals surface area contributed by atoms with Gasteiger partial charge >= 0.3 is 0 Å². The highest BCUT2D eigenvalue weighted by atomic mass is 35.5. The van der Waals surface area contributed by atoms with Crippen LogP contribution in [0.15, 0.2) is 57.8 Å². The first kappa shape index (κ1) is 24.9. The minimum Gasteiger partial charge on any atom is -0.419 e. The van der Waals surface area contributed by atoms with Gasteiger partial charge in [0.15, 0.2) is 0 Å². The molecule has 2 aliphatic rings. The first-order valence-corrected chi connectivity index (χ1v) is 13.7. The summed E-state index contributed by atoms with van der Waals surface area (Å²) in [5.41, 5.74) is 0.912. The van der Waals surface area contributed by atoms with Gasteiger partial charge in [0, 0.05) is 24.7 Å². The quantitative estimate of drug-likeness (QED) is 0.454. The van der Waals surface area contributed by atoms with Crippen molar-refractivity contribution >= 4 is 27.5 Å². The Hall–Kier alpha value is -2.79. The summed E-state index contributed by atoms with van der Waals surface area (Å²) in [5.74, 6) is 0.279. The number of rotatable bonds is 7. The molecule has 0 radical (unpaired) electrons. The van der Waals surface area contributed by atoms with Gasteiger partial charge in [-0.3, -0.25) is 4.79 Å². The lowest BCUT2D eigenvalue weighted by atomic mass is 10.2. The third-order valence-electron chi connectivity index (χ3n) is 6.23. The van der Waals surface area contributed by atoms with E-state index < -0.39 is 10.0 Å². The Balaban J connectivity index is 1.37. The second-order valence-electron chi connectivity index (χ2n) is 9.25. The van der Waals surface area contributed by atoms with Gasteiger partial charge in [0.2, 0.25) is 21.8 Å². The fourth-order valence-corrected chi connectivity index (χ4v) is 6.24. The number of morpholine rings is 1. The van der Waals surface area contributed by atoms with E-state index >= 15 is 0 Å². The number of aromatic nitrogens is 2. The van der Waals surface area contributed by atoms with Gasteiger partial charge in [-0.15, -0.1) is 10.2 Å². The molecule has 2 fully saturated rings. The van der Waals surface area contributed by atoms with Crippen LogP contribution in [0.4, 0.5) is 0 Å². The highest BCUT2D eigenvalue weighted by Crippen LogP contribution is 2.32. The summed E-state index contributed by atoms with van der Waals surface area (Å²) in [7, 11) is -3.78. The zero-order chi connectivity index (χ0) is 25.4. The molecule has 2 aromatic carbocycles. The molecule has 0 spiro atoms. The highest BCUT2D eigenvalue weighted by Gasteiger charge is 2.36. The van der Waals surface area contributed by atoms with E-state index in [-0.39, 0.29) is 60.5 Å². The van der Waals surface area contributed by atoms with Crippen LogP contribution in [0.3, 0.4) is 0 Å². The molecule has 1 aromatic heterocycles. The summed E-state index contributed by atoms with van der Waals surface area (Å²) in [6.45, 7) is 4.35. The molecular weight excluding hydrogens is 504 g/mol. The standard InChI is InChI=1S/C25H27ClN4O5S/c1-16-13-29(14-17(2)34-16)36(32,33)20-7-5-6-18(12-20)25(31)30(19-10-11-19)15-23-27-28-24(35-23)21-8-3-4-9-22(21)26/h3-9,12,16-17,19H,10-11,13-15H2,1-2H3/t16-,17-/m0/s1. The van der Waals surface area contributed by atoms with E-state index in [1.54, 1.807) is 29.2 Å². The van der Waals surface area contributed by atoms with Crippen LogP contribution in [-0.4, -0.2) is 65.1 Å². The molecule has 11 heteroatoms. The lowest BCUT2D eigenvalue weighted by molar-refractivity contribution is -0.0440. The number of halogens is 1. The molecule has 1 saturated carbocycles. The molecule has 1 amide bonds. The predicted molar refractivity (Wildman–Crippen MR) is 133 cm³/mol. The average molecular weight is 531 g/mol. The minimum atomic E-state index is -3.78. The van der Waals surface area contributed by atoms with Crippen LogP contribution in [0.5, 0.6) is 0 Å². The molecule has 0 bridgehead atoms. The van der Waals surface area contributed by atoms with Crippen molar-refractivity contribution in [2.75, 3.05) is 13.1 Å². The fraction of sp³-hybridized carbons (Fsp3) is 0.400. The Kier molecular flexibility index (Phi) is 6.86. The van der Waals surface area contributed by atoms with E-state index in [1.807, 2.05) is 26.0 Å². The van der Waals surface area contributed by atoms with Crippen LogP contribution in [0, 0.1) is 0 Å². The monoisotopic (exact) mass is 530 g/mol. The zero-order valence-corrected chi connectivity index (χ0v) is 21.6. The average Bonchev–Trinajstić information content (AvgIpc) is 3.59. The van der Waals surface area contributed by atoms with Crippen molar-refractivity contribution < 1.29 is 22.4 Å². The SMILES string of the molecule is C[C@H]1CN(S(=O)(=O)c2cccc(C(=O)N(Cc3nnc(-c4ccccc4Cl)o3)C3CC3)c2)C[C@H](C)O1. The van der Waals surface area contributed by atoms with Crippen LogP contribution in [0.2, 0.25) is 5.02 Å². The molecule has 1 saturated heterocycles. The maximum Gasteiger partial charge on any atom is 0.254 e. The van der Waals surface area contributed by atoms with Crippen LogP contribution < -0.4 is 0 Å². The number of sulfonamides is 1. The van der Waals surface area contributed by atoms with Gasteiger partial charge in [-0.1, -0.05) is 29.8 Å². The summed E-state index contributed by atoms with van der Waals surface area (Å²) < 4.78 is 39.6. The molecule has 3 aromatic rings. The van der Waals surface area contributed by atoms with Gasteiger partial charge in [-0.05, 0) is 57.0 Å². The van der Waals surface area contributed by atoms with E-state index in [0.717, 1.165) is 12.8 Å². The fourth-order valence-electron chi connectivity index (χ4n) is 4.39. The van der Waals surface area contributed by atoms with Crippen molar-refractivity contribution in [2.24, 2.45) is 0 Å². The largest absolute Gasteiger partial charge is 0.419 e. The molecule has 36 heavy (non-hydrogen) atoms. The van der Waals surface area contributed by atoms with Gasteiger partial charge in [0.25, 0.3) is 5.91 Å². The summed E-state index contributed by atoms with van der Waals surface area (Å²) in [6, 6.07) is 13.4. The van der Waals surface area contributed by atoms with Crippen molar-refractivity contribution in [1.29, 1.82) is 0 Å². The molecule has 2 heterocycles. The number of ether oxygens (including phenoxy) is 1. The Labute approximate surface area is 215 Å². The molecule has 1 aliphatic heterocycles. The normalized spacial score (nSPS) is 20.9. The first-order valence-electron chi connectivity index (χ1n) is 11.9. The Morgan fingerprint density at radius 3 is 2.50 bits per heavy atom. The molecule has 5 rings (SSSR count). The van der Waals surface area contributed by atoms with Crippen molar-refractivity contribution in [1.82, 2.24) is 19.4 Å². The van der Waals surface area contributed by atoms with Crippen molar-refractivity contribution in [3.8, 4) is 11.5 Å². The molecule has 0 N–H and O–H groups in total. The van der Waals surface area contributed by atoms with Crippen molar-refractivity contribution in [3.05, 3.63) is 65.0 Å². The second kappa shape index (κ2) is 9.93. The lowest BCUT2D eigenvalue weighted by Gasteiger charge is -2.34. The molecule has 2 atom stereocenters. The summed E-state index contributed by atoms with van der Waals surface area (Å²) in [5, 5.41) is 8.69. The third-order valence-corrected chi connectivity index (χ3v) is 8.39. The third kappa shape index (κ3) is 5.17. The Morgan fingerprint density at radius 1 is 1.08 bits per heavy atom. The van der Waals surface area contributed by atoms with E-state index in [9.17, 15) is 13.2 Å². The smallest absolute Gasteiger partial charge is 0.254 e. The van der Waals surface area contributed by atoms with E-state index in [4.69, 9.17) is 20.8 Å². The number of carbonyl (C=O) groups is 1. The van der Waals surface area contributed by atoms with E-state index in [0.29, 0.717) is 16.1 Å². The first-order chi connectivity index (χ1) is 17.2. The summed E-state index contributed by atoms with van der Waals surface area (Å²) in [4.78, 5) is 15.3. The highest BCUT2D eigenvalue weighted by molar-refractivity contribution is 7.89. The predicted octanol–water partition coefficient (Wildman–Crippen LogP) is 3.99. The molecular formula is C25H27ClN4O5S. The molecule has 9 nitrogen and oxygen atoms in total. The van der Waals surface area contributed by atoms with Gasteiger partial charge < -0.3 is 14.1 Å². The van der Waals surface area contributed by atoms with Crippen LogP contribution in [-0.2, 0) is 21.3 Å². The van der Waals surface area contributed by atoms with Gasteiger partial charge in [-0.2, -0.15) is 4.31 Å². The van der Waals surface area contributed by atoms with Gasteiger partial charge in [0.1, 0.15) is 0 Å². The molecule has 190 valence electrons. The van der Waals surface area contributed by atoms with Crippen LogP contribution in [0.1, 0.15) is 42.9 Å². The number of benzene rings is 2.